The highest BCUT2D eigenvalue weighted by atomic mass is 19.1. The highest BCUT2D eigenvalue weighted by molar-refractivity contribution is 5.93. The first kappa shape index (κ1) is 18.5. The van der Waals surface area contributed by atoms with Crippen molar-refractivity contribution in [2.45, 2.75) is 13.5 Å². The summed E-state index contributed by atoms with van der Waals surface area (Å²) in [6.45, 7) is 1.73. The maximum atomic E-state index is 13.6. The zero-order chi connectivity index (χ0) is 20.2. The fraction of sp³-hybridized carbons (Fsp3) is 0.150. The highest BCUT2D eigenvalue weighted by Gasteiger charge is 2.20. The number of amides is 1. The summed E-state index contributed by atoms with van der Waals surface area (Å²) in [7, 11) is 0. The van der Waals surface area contributed by atoms with Gasteiger partial charge >= 0.3 is 0 Å². The van der Waals surface area contributed by atoms with E-state index in [4.69, 9.17) is 9.26 Å². The second kappa shape index (κ2) is 8.01. The molecule has 4 rings (SSSR count). The van der Waals surface area contributed by atoms with E-state index in [2.05, 4.69) is 25.4 Å². The summed E-state index contributed by atoms with van der Waals surface area (Å²) < 4.78 is 24.5. The molecule has 0 atom stereocenters. The van der Waals surface area contributed by atoms with Crippen LogP contribution in [0.4, 0.5) is 4.39 Å². The van der Waals surface area contributed by atoms with Gasteiger partial charge in [-0.2, -0.15) is 9.97 Å². The molecule has 1 aromatic carbocycles. The molecule has 0 radical (unpaired) electrons. The average molecular weight is 393 g/mol. The Balaban J connectivity index is 1.55. The van der Waals surface area contributed by atoms with Gasteiger partial charge in [0.25, 0.3) is 11.6 Å². The van der Waals surface area contributed by atoms with Crippen molar-refractivity contribution in [2.24, 2.45) is 0 Å². The molecule has 3 aromatic heterocycles. The molecule has 9 heteroatoms. The summed E-state index contributed by atoms with van der Waals surface area (Å²) in [5.74, 6) is -0.208. The fourth-order valence-electron chi connectivity index (χ4n) is 2.75. The van der Waals surface area contributed by atoms with Gasteiger partial charge < -0.3 is 14.6 Å². The van der Waals surface area contributed by atoms with Crippen molar-refractivity contribution in [3.05, 3.63) is 66.0 Å². The van der Waals surface area contributed by atoms with Crippen molar-refractivity contribution in [1.29, 1.82) is 0 Å². The van der Waals surface area contributed by atoms with Crippen molar-refractivity contribution in [3.8, 4) is 17.1 Å². The third-order valence-corrected chi connectivity index (χ3v) is 4.07. The zero-order valence-electron chi connectivity index (χ0n) is 15.4. The van der Waals surface area contributed by atoms with Gasteiger partial charge in [0.2, 0.25) is 5.88 Å². The quantitative estimate of drug-likeness (QED) is 0.537. The molecule has 0 aliphatic carbocycles. The van der Waals surface area contributed by atoms with Gasteiger partial charge in [-0.05, 0) is 30.7 Å². The Kier molecular flexibility index (Phi) is 5.10. The number of pyridine rings is 1. The smallest absolute Gasteiger partial charge is 0.265 e. The summed E-state index contributed by atoms with van der Waals surface area (Å²) in [6, 6.07) is 9.54. The van der Waals surface area contributed by atoms with Crippen LogP contribution in [0.5, 0.6) is 5.88 Å². The number of aromatic nitrogens is 4. The van der Waals surface area contributed by atoms with Crippen molar-refractivity contribution >= 4 is 17.0 Å². The van der Waals surface area contributed by atoms with E-state index in [0.29, 0.717) is 29.0 Å². The molecule has 0 saturated carbocycles. The van der Waals surface area contributed by atoms with E-state index < -0.39 is 5.82 Å². The van der Waals surface area contributed by atoms with Crippen LogP contribution >= 0.6 is 0 Å². The van der Waals surface area contributed by atoms with Gasteiger partial charge in [0, 0.05) is 24.5 Å². The Morgan fingerprint density at radius 1 is 1.24 bits per heavy atom. The summed E-state index contributed by atoms with van der Waals surface area (Å²) in [5.41, 5.74) is 1.89. The monoisotopic (exact) mass is 393 g/mol. The second-order valence-electron chi connectivity index (χ2n) is 6.22. The molecule has 8 nitrogen and oxygen atoms in total. The number of rotatable bonds is 6. The lowest BCUT2D eigenvalue weighted by Crippen LogP contribution is -2.28. The van der Waals surface area contributed by atoms with Crippen molar-refractivity contribution in [3.63, 3.8) is 0 Å². The molecule has 1 N–H and O–H groups in total. The molecule has 3 heterocycles. The van der Waals surface area contributed by atoms with Crippen LogP contribution in [0, 0.1) is 12.7 Å². The Bertz CT molecular complexity index is 1160. The van der Waals surface area contributed by atoms with E-state index >= 15 is 0 Å². The predicted octanol–water partition coefficient (Wildman–Crippen LogP) is 2.82. The number of carbonyl (C=O) groups is 1. The van der Waals surface area contributed by atoms with E-state index in [1.165, 1.54) is 12.1 Å². The molecule has 0 bridgehead atoms. The topological polar surface area (TPSA) is 103 Å². The minimum atomic E-state index is -0.413. The van der Waals surface area contributed by atoms with Crippen LogP contribution in [0.15, 0.2) is 53.3 Å². The summed E-state index contributed by atoms with van der Waals surface area (Å²) in [6.07, 6.45) is 3.33. The van der Waals surface area contributed by atoms with Crippen LogP contribution < -0.4 is 10.1 Å². The van der Waals surface area contributed by atoms with Gasteiger partial charge in [-0.1, -0.05) is 23.4 Å². The van der Waals surface area contributed by atoms with E-state index in [1.807, 2.05) is 6.07 Å². The standard InChI is InChI=1S/C20H16FN5O3/c1-12-24-19(28-11-16(27)23-10-13-4-3-7-22-9-13)17-18(26-29-20(17)25-12)14-5-2-6-15(21)8-14/h2-9H,10-11H2,1H3,(H,23,27). The number of halogens is 1. The van der Waals surface area contributed by atoms with Gasteiger partial charge in [0.1, 0.15) is 22.7 Å². The highest BCUT2D eigenvalue weighted by Crippen LogP contribution is 2.33. The summed E-state index contributed by atoms with van der Waals surface area (Å²) >= 11 is 0. The molecular formula is C20H16FN5O3. The number of ether oxygens (including phenoxy) is 1. The first-order chi connectivity index (χ1) is 14.1. The average Bonchev–Trinajstić information content (AvgIpc) is 3.15. The Morgan fingerprint density at radius 3 is 2.93 bits per heavy atom. The number of hydrogen-bond donors (Lipinski definition) is 1. The number of benzene rings is 1. The SMILES string of the molecule is Cc1nc(OCC(=O)NCc2cccnc2)c2c(-c3cccc(F)c3)noc2n1. The van der Waals surface area contributed by atoms with Crippen LogP contribution in [-0.4, -0.2) is 32.6 Å². The molecular weight excluding hydrogens is 377 g/mol. The number of nitrogens with one attached hydrogen (secondary N) is 1. The van der Waals surface area contributed by atoms with Crippen LogP contribution in [0.25, 0.3) is 22.4 Å². The molecule has 1 amide bonds. The van der Waals surface area contributed by atoms with Gasteiger partial charge in [-0.25, -0.2) is 4.39 Å². The fourth-order valence-corrected chi connectivity index (χ4v) is 2.75. The second-order valence-corrected chi connectivity index (χ2v) is 6.22. The third kappa shape index (κ3) is 4.18. The molecule has 0 saturated heterocycles. The number of hydrogen-bond acceptors (Lipinski definition) is 7. The van der Waals surface area contributed by atoms with E-state index in [0.717, 1.165) is 5.56 Å². The van der Waals surface area contributed by atoms with E-state index in [-0.39, 0.29) is 24.1 Å². The first-order valence-electron chi connectivity index (χ1n) is 8.78. The minimum absolute atomic E-state index is 0.143. The molecule has 4 aromatic rings. The molecule has 146 valence electrons. The maximum Gasteiger partial charge on any atom is 0.265 e. The zero-order valence-corrected chi connectivity index (χ0v) is 15.4. The Labute approximate surface area is 164 Å². The number of carbonyl (C=O) groups excluding carboxylic acids is 1. The molecule has 0 aliphatic heterocycles. The molecule has 0 aliphatic rings. The third-order valence-electron chi connectivity index (χ3n) is 4.07. The Hall–Kier alpha value is -3.88. The van der Waals surface area contributed by atoms with Gasteiger partial charge in [0.15, 0.2) is 6.61 Å². The first-order valence-corrected chi connectivity index (χ1v) is 8.78. The largest absolute Gasteiger partial charge is 0.467 e. The normalized spacial score (nSPS) is 10.8. The van der Waals surface area contributed by atoms with Crippen molar-refractivity contribution < 1.29 is 18.4 Å². The lowest BCUT2D eigenvalue weighted by Gasteiger charge is -2.08. The predicted molar refractivity (Wildman–Crippen MR) is 101 cm³/mol. The van der Waals surface area contributed by atoms with E-state index in [9.17, 15) is 9.18 Å². The van der Waals surface area contributed by atoms with Crippen LogP contribution in [-0.2, 0) is 11.3 Å². The van der Waals surface area contributed by atoms with Crippen molar-refractivity contribution in [1.82, 2.24) is 25.4 Å². The lowest BCUT2D eigenvalue weighted by molar-refractivity contribution is -0.123. The molecule has 29 heavy (non-hydrogen) atoms. The van der Waals surface area contributed by atoms with Crippen LogP contribution in [0.1, 0.15) is 11.4 Å². The van der Waals surface area contributed by atoms with Crippen molar-refractivity contribution in [2.75, 3.05) is 6.61 Å². The maximum absolute atomic E-state index is 13.6. The number of aryl methyl sites for hydroxylation is 1. The summed E-state index contributed by atoms with van der Waals surface area (Å²) in [5, 5.41) is 7.10. The molecule has 0 spiro atoms. The van der Waals surface area contributed by atoms with Crippen LogP contribution in [0.2, 0.25) is 0 Å². The minimum Gasteiger partial charge on any atom is -0.467 e. The van der Waals surface area contributed by atoms with E-state index in [1.54, 1.807) is 37.5 Å². The van der Waals surface area contributed by atoms with Gasteiger partial charge in [-0.3, -0.25) is 9.78 Å². The Morgan fingerprint density at radius 2 is 2.14 bits per heavy atom. The van der Waals surface area contributed by atoms with Gasteiger partial charge in [0.05, 0.1) is 0 Å². The summed E-state index contributed by atoms with van der Waals surface area (Å²) in [4.78, 5) is 24.6. The number of nitrogens with zero attached hydrogens (tertiary/aromatic N) is 4. The molecule has 0 unspecified atom stereocenters. The molecule has 0 fully saturated rings. The number of fused-ring (bicyclic) bond motifs is 1. The lowest BCUT2D eigenvalue weighted by atomic mass is 10.1. The van der Waals surface area contributed by atoms with Crippen LogP contribution in [0.3, 0.4) is 0 Å². The van der Waals surface area contributed by atoms with Gasteiger partial charge in [-0.15, -0.1) is 0 Å².